The second-order valence-electron chi connectivity index (χ2n) is 8.50. The SMILES string of the molecule is CC(c1cccs1)C1CCCC2=Cc3c(-c4ccc(F)cc4)ncn3CC21C. The maximum Gasteiger partial charge on any atom is 0.123 e. The third kappa shape index (κ3) is 2.77. The van der Waals surface area contributed by atoms with Crippen molar-refractivity contribution in [3.8, 4) is 11.3 Å². The van der Waals surface area contributed by atoms with Gasteiger partial charge in [-0.25, -0.2) is 9.37 Å². The quantitative estimate of drug-likeness (QED) is 0.481. The van der Waals surface area contributed by atoms with E-state index in [-0.39, 0.29) is 11.2 Å². The molecule has 0 N–H and O–H groups in total. The van der Waals surface area contributed by atoms with Crippen LogP contribution in [0.25, 0.3) is 17.3 Å². The summed E-state index contributed by atoms with van der Waals surface area (Å²) < 4.78 is 15.6. The Morgan fingerprint density at radius 1 is 1.25 bits per heavy atom. The molecule has 2 nitrogen and oxygen atoms in total. The van der Waals surface area contributed by atoms with E-state index in [1.165, 1.54) is 35.5 Å². The first-order chi connectivity index (χ1) is 13.6. The largest absolute Gasteiger partial charge is 0.330 e. The van der Waals surface area contributed by atoms with Gasteiger partial charge in [-0.1, -0.05) is 25.5 Å². The van der Waals surface area contributed by atoms with Gasteiger partial charge in [0.25, 0.3) is 0 Å². The first kappa shape index (κ1) is 17.9. The molecule has 3 atom stereocenters. The van der Waals surface area contributed by atoms with Gasteiger partial charge in [0.2, 0.25) is 0 Å². The molecule has 1 aromatic carbocycles. The number of thiophene rings is 1. The predicted octanol–water partition coefficient (Wildman–Crippen LogP) is 6.76. The zero-order valence-electron chi connectivity index (χ0n) is 16.4. The molecule has 1 saturated carbocycles. The summed E-state index contributed by atoms with van der Waals surface area (Å²) in [6.07, 6.45) is 8.04. The molecule has 3 aromatic rings. The second-order valence-corrected chi connectivity index (χ2v) is 9.48. The highest BCUT2D eigenvalue weighted by Crippen LogP contribution is 2.54. The minimum atomic E-state index is -0.208. The van der Waals surface area contributed by atoms with E-state index >= 15 is 0 Å². The van der Waals surface area contributed by atoms with Crippen molar-refractivity contribution < 1.29 is 4.39 Å². The molecule has 3 heterocycles. The molecule has 3 unspecified atom stereocenters. The van der Waals surface area contributed by atoms with E-state index in [4.69, 9.17) is 4.98 Å². The normalized spacial score (nSPS) is 25.0. The van der Waals surface area contributed by atoms with E-state index in [0.29, 0.717) is 11.8 Å². The van der Waals surface area contributed by atoms with E-state index < -0.39 is 0 Å². The number of hydrogen-bond acceptors (Lipinski definition) is 2. The Bertz CT molecular complexity index is 1020. The van der Waals surface area contributed by atoms with Crippen molar-refractivity contribution in [2.75, 3.05) is 0 Å². The molecule has 0 saturated heterocycles. The van der Waals surface area contributed by atoms with E-state index in [1.807, 2.05) is 29.8 Å². The van der Waals surface area contributed by atoms with Crippen molar-refractivity contribution in [3.63, 3.8) is 0 Å². The number of fused-ring (bicyclic) bond motifs is 2. The lowest BCUT2D eigenvalue weighted by molar-refractivity contribution is 0.131. The lowest BCUT2D eigenvalue weighted by Gasteiger charge is -2.48. The van der Waals surface area contributed by atoms with Gasteiger partial charge < -0.3 is 4.57 Å². The van der Waals surface area contributed by atoms with Crippen molar-refractivity contribution in [2.45, 2.75) is 45.6 Å². The maximum atomic E-state index is 13.3. The summed E-state index contributed by atoms with van der Waals surface area (Å²) in [6, 6.07) is 11.1. The van der Waals surface area contributed by atoms with E-state index in [2.05, 4.69) is 42.0 Å². The van der Waals surface area contributed by atoms with Crippen LogP contribution < -0.4 is 0 Å². The molecule has 5 rings (SSSR count). The van der Waals surface area contributed by atoms with Crippen LogP contribution in [0.1, 0.15) is 49.6 Å². The van der Waals surface area contributed by atoms with Gasteiger partial charge in [0.15, 0.2) is 0 Å². The molecule has 1 aliphatic heterocycles. The lowest BCUT2D eigenvalue weighted by Crippen LogP contribution is -2.41. The average Bonchev–Trinajstić information content (AvgIpc) is 3.35. The first-order valence-electron chi connectivity index (χ1n) is 10.1. The Labute approximate surface area is 169 Å². The standard InChI is InChI=1S/C24H25FN2S/c1-16(22-7-4-12-28-22)20-6-3-5-18-13-21-23(17-8-10-19(25)11-9-17)26-15-27(21)14-24(18,20)2/h4,7-13,15-16,20H,3,5-6,14H2,1-2H3. The van der Waals surface area contributed by atoms with E-state index in [9.17, 15) is 4.39 Å². The molecule has 2 aliphatic rings. The van der Waals surface area contributed by atoms with Crippen molar-refractivity contribution in [2.24, 2.45) is 11.3 Å². The molecule has 0 spiro atoms. The van der Waals surface area contributed by atoms with Gasteiger partial charge in [0, 0.05) is 22.4 Å². The monoisotopic (exact) mass is 392 g/mol. The minimum Gasteiger partial charge on any atom is -0.330 e. The van der Waals surface area contributed by atoms with Gasteiger partial charge in [0.05, 0.1) is 17.7 Å². The third-order valence-electron chi connectivity index (χ3n) is 6.91. The van der Waals surface area contributed by atoms with Gasteiger partial charge in [-0.3, -0.25) is 0 Å². The van der Waals surface area contributed by atoms with Crippen molar-refractivity contribution in [1.29, 1.82) is 0 Å². The van der Waals surface area contributed by atoms with Crippen molar-refractivity contribution in [3.05, 3.63) is 70.1 Å². The number of hydrogen-bond donors (Lipinski definition) is 0. The maximum absolute atomic E-state index is 13.3. The van der Waals surface area contributed by atoms with Gasteiger partial charge in [-0.05, 0) is 72.9 Å². The zero-order valence-corrected chi connectivity index (χ0v) is 17.2. The van der Waals surface area contributed by atoms with Crippen molar-refractivity contribution >= 4 is 17.4 Å². The lowest BCUT2D eigenvalue weighted by atomic mass is 9.59. The summed E-state index contributed by atoms with van der Waals surface area (Å²) in [7, 11) is 0. The number of imidazole rings is 1. The van der Waals surface area contributed by atoms with Gasteiger partial charge in [0.1, 0.15) is 5.82 Å². The Hall–Kier alpha value is -2.20. The van der Waals surface area contributed by atoms with E-state index in [1.54, 1.807) is 5.57 Å². The van der Waals surface area contributed by atoms with Crippen LogP contribution in [0.5, 0.6) is 0 Å². The Balaban J connectivity index is 1.54. The highest BCUT2D eigenvalue weighted by atomic mass is 32.1. The zero-order chi connectivity index (χ0) is 19.3. The Morgan fingerprint density at radius 3 is 2.82 bits per heavy atom. The van der Waals surface area contributed by atoms with Crippen molar-refractivity contribution in [1.82, 2.24) is 9.55 Å². The summed E-state index contributed by atoms with van der Waals surface area (Å²) in [5, 5.41) is 2.19. The average molecular weight is 393 g/mol. The van der Waals surface area contributed by atoms with Gasteiger partial charge in [-0.15, -0.1) is 11.3 Å². The van der Waals surface area contributed by atoms with Crippen LogP contribution in [-0.2, 0) is 6.54 Å². The first-order valence-corrected chi connectivity index (χ1v) is 11.0. The number of benzene rings is 1. The summed E-state index contributed by atoms with van der Waals surface area (Å²) in [4.78, 5) is 6.20. The molecule has 0 radical (unpaired) electrons. The molecule has 0 amide bonds. The van der Waals surface area contributed by atoms with Crippen LogP contribution in [0.2, 0.25) is 0 Å². The predicted molar refractivity (Wildman–Crippen MR) is 114 cm³/mol. The number of aromatic nitrogens is 2. The minimum absolute atomic E-state index is 0.162. The number of halogens is 1. The highest BCUT2D eigenvalue weighted by Gasteiger charge is 2.45. The number of nitrogens with zero attached hydrogens (tertiary/aromatic N) is 2. The van der Waals surface area contributed by atoms with Gasteiger partial charge >= 0.3 is 0 Å². The molecule has 0 bridgehead atoms. The van der Waals surface area contributed by atoms with Crippen LogP contribution in [-0.4, -0.2) is 9.55 Å². The molecule has 144 valence electrons. The molecule has 4 heteroatoms. The van der Waals surface area contributed by atoms with Crippen LogP contribution in [0.4, 0.5) is 4.39 Å². The third-order valence-corrected chi connectivity index (χ3v) is 7.99. The molecule has 2 aromatic heterocycles. The number of rotatable bonds is 3. The van der Waals surface area contributed by atoms with Crippen LogP contribution in [0.3, 0.4) is 0 Å². The second kappa shape index (κ2) is 6.70. The molecule has 1 fully saturated rings. The van der Waals surface area contributed by atoms with Gasteiger partial charge in [-0.2, -0.15) is 0 Å². The molecular weight excluding hydrogens is 367 g/mol. The topological polar surface area (TPSA) is 17.8 Å². The molecule has 28 heavy (non-hydrogen) atoms. The highest BCUT2D eigenvalue weighted by molar-refractivity contribution is 7.10. The fourth-order valence-electron chi connectivity index (χ4n) is 5.38. The summed E-state index contributed by atoms with van der Waals surface area (Å²) >= 11 is 1.88. The molecule has 1 aliphatic carbocycles. The smallest absolute Gasteiger partial charge is 0.123 e. The van der Waals surface area contributed by atoms with Crippen LogP contribution >= 0.6 is 11.3 Å². The Kier molecular flexibility index (Phi) is 4.27. The fourth-order valence-corrected chi connectivity index (χ4v) is 6.23. The van der Waals surface area contributed by atoms with Crippen LogP contribution in [0, 0.1) is 17.2 Å². The summed E-state index contributed by atoms with van der Waals surface area (Å²) in [6.45, 7) is 5.83. The molecular formula is C24H25FN2S. The summed E-state index contributed by atoms with van der Waals surface area (Å²) in [5.41, 5.74) is 4.83. The number of allylic oxidation sites excluding steroid dienone is 1. The van der Waals surface area contributed by atoms with Crippen LogP contribution in [0.15, 0.2) is 53.7 Å². The summed E-state index contributed by atoms with van der Waals surface area (Å²) in [5.74, 6) is 0.992. The fraction of sp³-hybridized carbons (Fsp3) is 0.375. The Morgan fingerprint density at radius 2 is 2.07 bits per heavy atom. The van der Waals surface area contributed by atoms with E-state index in [0.717, 1.165) is 24.2 Å².